The molecule has 2 nitrogen and oxygen atoms in total. The highest BCUT2D eigenvalue weighted by atomic mass is 19.1. The minimum absolute atomic E-state index is 0.130. The summed E-state index contributed by atoms with van der Waals surface area (Å²) in [6.45, 7) is 2.22. The molecule has 0 heterocycles. The number of hydrogen-bond acceptors (Lipinski definition) is 2. The SMILES string of the molecule is CNCc1ccc(Oc2ccc(F)c(C)c2)c(F)c1. The van der Waals surface area contributed by atoms with Crippen molar-refractivity contribution < 1.29 is 13.5 Å². The first kappa shape index (κ1) is 13.5. The average molecular weight is 263 g/mol. The molecule has 0 aliphatic rings. The fourth-order valence-corrected chi connectivity index (χ4v) is 1.75. The Balaban J connectivity index is 2.20. The van der Waals surface area contributed by atoms with Crippen molar-refractivity contribution in [2.45, 2.75) is 13.5 Å². The molecule has 0 fully saturated rings. The highest BCUT2D eigenvalue weighted by Crippen LogP contribution is 2.26. The topological polar surface area (TPSA) is 21.3 Å². The van der Waals surface area contributed by atoms with E-state index in [0.717, 1.165) is 5.56 Å². The molecule has 0 aliphatic heterocycles. The lowest BCUT2D eigenvalue weighted by Crippen LogP contribution is -2.05. The Morgan fingerprint density at radius 1 is 1.05 bits per heavy atom. The quantitative estimate of drug-likeness (QED) is 0.906. The molecular formula is C15H15F2NO. The number of benzene rings is 2. The predicted molar refractivity (Wildman–Crippen MR) is 70.4 cm³/mol. The van der Waals surface area contributed by atoms with Gasteiger partial charge in [0.15, 0.2) is 11.6 Å². The lowest BCUT2D eigenvalue weighted by atomic mass is 10.2. The van der Waals surface area contributed by atoms with Crippen LogP contribution >= 0.6 is 0 Å². The molecule has 0 unspecified atom stereocenters. The van der Waals surface area contributed by atoms with Gasteiger partial charge in [-0.2, -0.15) is 0 Å². The van der Waals surface area contributed by atoms with Gasteiger partial charge >= 0.3 is 0 Å². The van der Waals surface area contributed by atoms with Gasteiger partial charge in [0.05, 0.1) is 0 Å². The van der Waals surface area contributed by atoms with Gasteiger partial charge in [-0.1, -0.05) is 6.07 Å². The van der Waals surface area contributed by atoms with E-state index in [1.165, 1.54) is 24.3 Å². The van der Waals surface area contributed by atoms with Crippen LogP contribution in [0.25, 0.3) is 0 Å². The highest BCUT2D eigenvalue weighted by molar-refractivity contribution is 5.36. The molecule has 0 bridgehead atoms. The number of hydrogen-bond donors (Lipinski definition) is 1. The van der Waals surface area contributed by atoms with Gasteiger partial charge in [-0.15, -0.1) is 0 Å². The predicted octanol–water partition coefficient (Wildman–Crippen LogP) is 3.78. The van der Waals surface area contributed by atoms with Gasteiger partial charge in [-0.3, -0.25) is 0 Å². The Morgan fingerprint density at radius 3 is 2.47 bits per heavy atom. The fraction of sp³-hybridized carbons (Fsp3) is 0.200. The van der Waals surface area contributed by atoms with Crippen molar-refractivity contribution in [3.63, 3.8) is 0 Å². The maximum Gasteiger partial charge on any atom is 0.166 e. The van der Waals surface area contributed by atoms with Crippen molar-refractivity contribution in [2.75, 3.05) is 7.05 Å². The summed E-state index contributed by atoms with van der Waals surface area (Å²) < 4.78 is 32.3. The molecule has 0 aliphatic carbocycles. The third-order valence-corrected chi connectivity index (χ3v) is 2.73. The summed E-state index contributed by atoms with van der Waals surface area (Å²) in [5, 5.41) is 2.94. The molecule has 0 saturated carbocycles. The van der Waals surface area contributed by atoms with Crippen LogP contribution in [0, 0.1) is 18.6 Å². The van der Waals surface area contributed by atoms with E-state index in [1.54, 1.807) is 26.1 Å². The fourth-order valence-electron chi connectivity index (χ4n) is 1.75. The number of halogens is 2. The Bertz CT molecular complexity index is 584. The Kier molecular flexibility index (Phi) is 4.12. The number of rotatable bonds is 4. The Labute approximate surface area is 111 Å². The molecule has 1 N–H and O–H groups in total. The zero-order valence-corrected chi connectivity index (χ0v) is 10.8. The first-order chi connectivity index (χ1) is 9.10. The number of aryl methyl sites for hydroxylation is 1. The molecule has 2 aromatic rings. The molecule has 2 rings (SSSR count). The third kappa shape index (κ3) is 3.29. The second-order valence-electron chi connectivity index (χ2n) is 4.31. The molecule has 0 radical (unpaired) electrons. The Morgan fingerprint density at radius 2 is 1.84 bits per heavy atom. The van der Waals surface area contributed by atoms with Crippen LogP contribution in [-0.4, -0.2) is 7.05 Å². The van der Waals surface area contributed by atoms with Crippen LogP contribution in [0.4, 0.5) is 8.78 Å². The van der Waals surface area contributed by atoms with Gasteiger partial charge in [-0.25, -0.2) is 8.78 Å². The summed E-state index contributed by atoms with van der Waals surface area (Å²) in [5.41, 5.74) is 1.30. The van der Waals surface area contributed by atoms with Crippen molar-refractivity contribution >= 4 is 0 Å². The molecule has 0 atom stereocenters. The zero-order valence-electron chi connectivity index (χ0n) is 10.8. The van der Waals surface area contributed by atoms with Gasteiger partial charge in [0.25, 0.3) is 0 Å². The smallest absolute Gasteiger partial charge is 0.166 e. The van der Waals surface area contributed by atoms with Gasteiger partial charge in [0.2, 0.25) is 0 Å². The van der Waals surface area contributed by atoms with E-state index in [4.69, 9.17) is 4.74 Å². The van der Waals surface area contributed by atoms with E-state index in [2.05, 4.69) is 5.32 Å². The molecule has 100 valence electrons. The molecule has 0 spiro atoms. The summed E-state index contributed by atoms with van der Waals surface area (Å²) in [6.07, 6.45) is 0. The van der Waals surface area contributed by atoms with E-state index in [9.17, 15) is 8.78 Å². The van der Waals surface area contributed by atoms with Crippen molar-refractivity contribution in [3.8, 4) is 11.5 Å². The van der Waals surface area contributed by atoms with Gasteiger partial charge in [0.1, 0.15) is 11.6 Å². The van der Waals surface area contributed by atoms with Crippen LogP contribution in [0.1, 0.15) is 11.1 Å². The minimum Gasteiger partial charge on any atom is -0.454 e. The Hall–Kier alpha value is -1.94. The maximum atomic E-state index is 13.8. The van der Waals surface area contributed by atoms with E-state index in [-0.39, 0.29) is 11.6 Å². The van der Waals surface area contributed by atoms with Crippen molar-refractivity contribution in [2.24, 2.45) is 0 Å². The first-order valence-corrected chi connectivity index (χ1v) is 5.97. The van der Waals surface area contributed by atoms with Crippen LogP contribution in [0.5, 0.6) is 11.5 Å². The summed E-state index contributed by atoms with van der Waals surface area (Å²) in [6, 6.07) is 9.09. The molecule has 4 heteroatoms. The van der Waals surface area contributed by atoms with Crippen LogP contribution in [-0.2, 0) is 6.54 Å². The maximum absolute atomic E-state index is 13.8. The van der Waals surface area contributed by atoms with Crippen LogP contribution in [0.15, 0.2) is 36.4 Å². The first-order valence-electron chi connectivity index (χ1n) is 5.97. The highest BCUT2D eigenvalue weighted by Gasteiger charge is 2.07. The normalized spacial score (nSPS) is 10.5. The van der Waals surface area contributed by atoms with Crippen LogP contribution in [0.3, 0.4) is 0 Å². The summed E-state index contributed by atoms with van der Waals surface area (Å²) >= 11 is 0. The lowest BCUT2D eigenvalue weighted by molar-refractivity contribution is 0.440. The molecule has 0 saturated heterocycles. The average Bonchev–Trinajstić information content (AvgIpc) is 2.37. The zero-order chi connectivity index (χ0) is 13.8. The molecular weight excluding hydrogens is 248 g/mol. The van der Waals surface area contributed by atoms with Crippen molar-refractivity contribution in [1.29, 1.82) is 0 Å². The summed E-state index contributed by atoms with van der Waals surface area (Å²) in [7, 11) is 1.80. The minimum atomic E-state index is -0.435. The van der Waals surface area contributed by atoms with Gasteiger partial charge < -0.3 is 10.1 Å². The summed E-state index contributed by atoms with van der Waals surface area (Å²) in [5.74, 6) is -0.197. The monoisotopic (exact) mass is 263 g/mol. The van der Waals surface area contributed by atoms with E-state index < -0.39 is 5.82 Å². The standard InChI is InChI=1S/C15H15F2NO/c1-10-7-12(4-5-13(10)16)19-15-6-3-11(9-18-2)8-14(15)17/h3-8,18H,9H2,1-2H3. The largest absolute Gasteiger partial charge is 0.454 e. The molecule has 2 aromatic carbocycles. The van der Waals surface area contributed by atoms with E-state index >= 15 is 0 Å². The second kappa shape index (κ2) is 5.80. The van der Waals surface area contributed by atoms with Gasteiger partial charge in [-0.05, 0) is 55.4 Å². The van der Waals surface area contributed by atoms with Gasteiger partial charge in [0, 0.05) is 6.54 Å². The van der Waals surface area contributed by atoms with E-state index in [1.807, 2.05) is 0 Å². The molecule has 0 aromatic heterocycles. The van der Waals surface area contributed by atoms with Crippen molar-refractivity contribution in [1.82, 2.24) is 5.32 Å². The lowest BCUT2D eigenvalue weighted by Gasteiger charge is -2.09. The number of ether oxygens (including phenoxy) is 1. The molecule has 19 heavy (non-hydrogen) atoms. The second-order valence-corrected chi connectivity index (χ2v) is 4.31. The molecule has 0 amide bonds. The summed E-state index contributed by atoms with van der Waals surface area (Å²) in [4.78, 5) is 0. The van der Waals surface area contributed by atoms with Crippen LogP contribution in [0.2, 0.25) is 0 Å². The van der Waals surface area contributed by atoms with Crippen LogP contribution < -0.4 is 10.1 Å². The van der Waals surface area contributed by atoms with Crippen molar-refractivity contribution in [3.05, 3.63) is 59.2 Å². The number of nitrogens with one attached hydrogen (secondary N) is 1. The third-order valence-electron chi connectivity index (χ3n) is 2.73. The van der Waals surface area contributed by atoms with E-state index in [0.29, 0.717) is 17.9 Å².